The molecule has 0 aliphatic rings. The summed E-state index contributed by atoms with van der Waals surface area (Å²) in [5.74, 6) is -0.321. The van der Waals surface area contributed by atoms with Gasteiger partial charge in [0.25, 0.3) is 0 Å². The second-order valence-corrected chi connectivity index (χ2v) is 5.32. The van der Waals surface area contributed by atoms with E-state index in [-0.39, 0.29) is 23.9 Å². The Morgan fingerprint density at radius 3 is 2.65 bits per heavy atom. The number of rotatable bonds is 5. The summed E-state index contributed by atoms with van der Waals surface area (Å²) in [6, 6.07) is 1.66. The molecule has 4 heteroatoms. The number of aliphatic hydroxyl groups is 1. The summed E-state index contributed by atoms with van der Waals surface area (Å²) in [5, 5.41) is 12.4. The Kier molecular flexibility index (Phi) is 5.02. The molecule has 17 heavy (non-hydrogen) atoms. The zero-order valence-electron chi connectivity index (χ0n) is 10.7. The summed E-state index contributed by atoms with van der Waals surface area (Å²) in [7, 11) is 0. The molecule has 3 nitrogen and oxygen atoms in total. The number of halogens is 1. The normalized spacial score (nSPS) is 13.7. The number of nitrogens with zero attached hydrogens (tertiary/aromatic N) is 1. The molecular weight excluding hydrogens is 219 g/mol. The van der Waals surface area contributed by atoms with Crippen molar-refractivity contribution in [2.75, 3.05) is 6.61 Å². The van der Waals surface area contributed by atoms with E-state index in [1.165, 1.54) is 12.3 Å². The van der Waals surface area contributed by atoms with Gasteiger partial charge in [0.2, 0.25) is 0 Å². The van der Waals surface area contributed by atoms with Crippen molar-refractivity contribution < 1.29 is 9.50 Å². The molecule has 1 aromatic heterocycles. The third-order valence-corrected chi connectivity index (χ3v) is 2.78. The highest BCUT2D eigenvalue weighted by Crippen LogP contribution is 2.21. The molecule has 1 atom stereocenters. The van der Waals surface area contributed by atoms with Crippen molar-refractivity contribution in [2.45, 2.75) is 39.8 Å². The van der Waals surface area contributed by atoms with E-state index in [1.807, 2.05) is 0 Å². The largest absolute Gasteiger partial charge is 0.396 e. The molecule has 1 aromatic rings. The quantitative estimate of drug-likeness (QED) is 0.828. The lowest BCUT2D eigenvalue weighted by molar-refractivity contribution is 0.196. The Labute approximate surface area is 102 Å². The molecule has 0 fully saturated rings. The van der Waals surface area contributed by atoms with Crippen molar-refractivity contribution in [3.05, 3.63) is 29.8 Å². The molecule has 0 spiro atoms. The molecule has 0 aliphatic carbocycles. The zero-order chi connectivity index (χ0) is 12.9. The summed E-state index contributed by atoms with van der Waals surface area (Å²) in [6.07, 6.45) is 3.53. The highest BCUT2D eigenvalue weighted by Gasteiger charge is 2.23. The molecule has 0 radical (unpaired) electrons. The smallest absolute Gasteiger partial charge is 0.141 e. The minimum absolute atomic E-state index is 0.0590. The Balaban J connectivity index is 2.58. The van der Waals surface area contributed by atoms with Crippen molar-refractivity contribution >= 4 is 0 Å². The summed E-state index contributed by atoms with van der Waals surface area (Å²) in [5.41, 5.74) is 0.876. The van der Waals surface area contributed by atoms with Crippen LogP contribution in [0, 0.1) is 11.2 Å². The molecule has 1 heterocycles. The summed E-state index contributed by atoms with van der Waals surface area (Å²) in [6.45, 7) is 7.06. The van der Waals surface area contributed by atoms with Crippen molar-refractivity contribution in [1.29, 1.82) is 0 Å². The Morgan fingerprint density at radius 1 is 1.41 bits per heavy atom. The summed E-state index contributed by atoms with van der Waals surface area (Å²) >= 11 is 0. The molecule has 2 N–H and O–H groups in total. The van der Waals surface area contributed by atoms with E-state index in [2.05, 4.69) is 31.1 Å². The van der Waals surface area contributed by atoms with Crippen LogP contribution in [0.4, 0.5) is 4.39 Å². The number of hydrogen-bond acceptors (Lipinski definition) is 3. The van der Waals surface area contributed by atoms with Gasteiger partial charge in [-0.05, 0) is 23.5 Å². The number of nitrogens with one attached hydrogen (secondary N) is 1. The molecule has 96 valence electrons. The van der Waals surface area contributed by atoms with Gasteiger partial charge >= 0.3 is 0 Å². The molecule has 0 amide bonds. The minimum atomic E-state index is -0.321. The Morgan fingerprint density at radius 2 is 2.12 bits per heavy atom. The molecule has 0 bridgehead atoms. The first-order chi connectivity index (χ1) is 7.93. The van der Waals surface area contributed by atoms with Crippen LogP contribution in [0.5, 0.6) is 0 Å². The Hall–Kier alpha value is -1.00. The van der Waals surface area contributed by atoms with Gasteiger partial charge in [-0.3, -0.25) is 4.98 Å². The molecule has 0 saturated heterocycles. The fourth-order valence-electron chi connectivity index (χ4n) is 1.76. The summed E-state index contributed by atoms with van der Waals surface area (Å²) < 4.78 is 12.9. The molecule has 0 saturated carbocycles. The van der Waals surface area contributed by atoms with Gasteiger partial charge in [0.1, 0.15) is 5.82 Å². The average Bonchev–Trinajstić information content (AvgIpc) is 2.22. The van der Waals surface area contributed by atoms with Gasteiger partial charge in [-0.25, -0.2) is 4.39 Å². The Bertz CT molecular complexity index is 350. The van der Waals surface area contributed by atoms with E-state index in [1.54, 1.807) is 6.20 Å². The lowest BCUT2D eigenvalue weighted by atomic mass is 9.85. The van der Waals surface area contributed by atoms with Gasteiger partial charge in [0.15, 0.2) is 0 Å². The predicted molar refractivity (Wildman–Crippen MR) is 66.0 cm³/mol. The number of aliphatic hydroxyl groups excluding tert-OH is 1. The van der Waals surface area contributed by atoms with Crippen LogP contribution in [0.15, 0.2) is 18.5 Å². The lowest BCUT2D eigenvalue weighted by Crippen LogP contribution is -2.40. The molecule has 1 rings (SSSR count). The van der Waals surface area contributed by atoms with Crippen LogP contribution in [0.3, 0.4) is 0 Å². The van der Waals surface area contributed by atoms with Gasteiger partial charge in [-0.1, -0.05) is 20.8 Å². The predicted octanol–water partition coefficient (Wildman–Crippen LogP) is 2.11. The van der Waals surface area contributed by atoms with E-state index in [9.17, 15) is 4.39 Å². The highest BCUT2D eigenvalue weighted by atomic mass is 19.1. The standard InChI is InChI=1S/C13H21FN2O/c1-13(2,3)12(4-5-17)16-8-10-6-11(14)9-15-7-10/h6-7,9,12,16-17H,4-5,8H2,1-3H3. The maximum atomic E-state index is 12.9. The van der Waals surface area contributed by atoms with Crippen molar-refractivity contribution in [2.24, 2.45) is 5.41 Å². The maximum absolute atomic E-state index is 12.9. The van der Waals surface area contributed by atoms with Crippen molar-refractivity contribution in [3.63, 3.8) is 0 Å². The van der Waals surface area contributed by atoms with E-state index in [4.69, 9.17) is 5.11 Å². The molecule has 1 unspecified atom stereocenters. The third kappa shape index (κ3) is 4.79. The van der Waals surface area contributed by atoms with Crippen molar-refractivity contribution in [1.82, 2.24) is 10.3 Å². The monoisotopic (exact) mass is 240 g/mol. The number of hydrogen-bond donors (Lipinski definition) is 2. The second-order valence-electron chi connectivity index (χ2n) is 5.32. The maximum Gasteiger partial charge on any atom is 0.141 e. The van der Waals surface area contributed by atoms with Crippen LogP contribution < -0.4 is 5.32 Å². The van der Waals surface area contributed by atoms with Gasteiger partial charge in [-0.2, -0.15) is 0 Å². The third-order valence-electron chi connectivity index (χ3n) is 2.78. The molecule has 0 aromatic carbocycles. The van der Waals surface area contributed by atoms with E-state index in [0.717, 1.165) is 5.56 Å². The first-order valence-electron chi connectivity index (χ1n) is 5.87. The number of pyridine rings is 1. The van der Waals surface area contributed by atoms with Crippen LogP contribution in [0.1, 0.15) is 32.8 Å². The molecular formula is C13H21FN2O. The molecule has 0 aliphatic heterocycles. The second kappa shape index (κ2) is 6.07. The zero-order valence-corrected chi connectivity index (χ0v) is 10.7. The first kappa shape index (κ1) is 14.1. The van der Waals surface area contributed by atoms with Crippen LogP contribution in [0.25, 0.3) is 0 Å². The van der Waals surface area contributed by atoms with Crippen LogP contribution >= 0.6 is 0 Å². The van der Waals surface area contributed by atoms with E-state index in [0.29, 0.717) is 13.0 Å². The summed E-state index contributed by atoms with van der Waals surface area (Å²) in [4.78, 5) is 3.81. The lowest BCUT2D eigenvalue weighted by Gasteiger charge is -2.31. The number of aromatic nitrogens is 1. The average molecular weight is 240 g/mol. The highest BCUT2D eigenvalue weighted by molar-refractivity contribution is 5.10. The van der Waals surface area contributed by atoms with Crippen LogP contribution in [-0.4, -0.2) is 22.7 Å². The van der Waals surface area contributed by atoms with Gasteiger partial charge in [-0.15, -0.1) is 0 Å². The van der Waals surface area contributed by atoms with Gasteiger partial charge < -0.3 is 10.4 Å². The van der Waals surface area contributed by atoms with Crippen LogP contribution in [0.2, 0.25) is 0 Å². The van der Waals surface area contributed by atoms with Crippen LogP contribution in [-0.2, 0) is 6.54 Å². The fourth-order valence-corrected chi connectivity index (χ4v) is 1.76. The first-order valence-corrected chi connectivity index (χ1v) is 5.87. The topological polar surface area (TPSA) is 45.1 Å². The van der Waals surface area contributed by atoms with Crippen molar-refractivity contribution in [3.8, 4) is 0 Å². The van der Waals surface area contributed by atoms with Gasteiger partial charge in [0, 0.05) is 25.4 Å². The SMILES string of the molecule is CC(C)(C)C(CCO)NCc1cncc(F)c1. The fraction of sp³-hybridized carbons (Fsp3) is 0.615. The van der Waals surface area contributed by atoms with Gasteiger partial charge in [0.05, 0.1) is 6.20 Å². The van der Waals surface area contributed by atoms with E-state index < -0.39 is 0 Å². The van der Waals surface area contributed by atoms with E-state index >= 15 is 0 Å². The minimum Gasteiger partial charge on any atom is -0.396 e.